The van der Waals surface area contributed by atoms with Crippen LogP contribution in [0.5, 0.6) is 0 Å². The van der Waals surface area contributed by atoms with E-state index in [-0.39, 0.29) is 24.8 Å². The van der Waals surface area contributed by atoms with Gasteiger partial charge in [-0.2, -0.15) is 0 Å². The molecule has 0 aliphatic heterocycles. The molecule has 4 aromatic rings. The molecule has 6 nitrogen and oxygen atoms in total. The number of benzene rings is 3. The molecule has 0 fully saturated rings. The third kappa shape index (κ3) is 5.12. The molecule has 0 aliphatic carbocycles. The van der Waals surface area contributed by atoms with E-state index in [1.54, 1.807) is 0 Å². The van der Waals surface area contributed by atoms with Gasteiger partial charge in [-0.3, -0.25) is 14.2 Å². The lowest BCUT2D eigenvalue weighted by atomic mass is 10.1. The Hall–Kier alpha value is -3.93. The summed E-state index contributed by atoms with van der Waals surface area (Å²) in [6, 6.07) is 22.0. The van der Waals surface area contributed by atoms with E-state index < -0.39 is 0 Å². The molecule has 1 heterocycles. The Morgan fingerprint density at radius 2 is 1.55 bits per heavy atom. The molecule has 0 saturated carbocycles. The number of aromatic nitrogens is 2. The fourth-order valence-corrected chi connectivity index (χ4v) is 4.16. The molecule has 0 saturated heterocycles. The van der Waals surface area contributed by atoms with Crippen LogP contribution in [-0.2, 0) is 16.0 Å². The molecular weight excluding hydrogens is 412 g/mol. The van der Waals surface area contributed by atoms with Gasteiger partial charge in [0.2, 0.25) is 11.8 Å². The van der Waals surface area contributed by atoms with Crippen molar-refractivity contribution in [1.82, 2.24) is 14.9 Å². The highest BCUT2D eigenvalue weighted by Gasteiger charge is 2.14. The van der Waals surface area contributed by atoms with Gasteiger partial charge in [0.15, 0.2) is 0 Å². The van der Waals surface area contributed by atoms with Crippen molar-refractivity contribution in [2.75, 3.05) is 11.9 Å². The predicted octanol–water partition coefficient (Wildman–Crippen LogP) is 4.64. The van der Waals surface area contributed by atoms with Gasteiger partial charge in [0.05, 0.1) is 17.6 Å². The van der Waals surface area contributed by atoms with Gasteiger partial charge in [-0.05, 0) is 56.2 Å². The normalized spacial score (nSPS) is 10.9. The zero-order valence-corrected chi connectivity index (χ0v) is 19.2. The molecule has 3 aromatic carbocycles. The first-order chi connectivity index (χ1) is 15.9. The number of hydrogen-bond donors (Lipinski definition) is 2. The number of imidazole rings is 1. The van der Waals surface area contributed by atoms with Crippen molar-refractivity contribution >= 4 is 28.5 Å². The zero-order valence-electron chi connectivity index (χ0n) is 19.2. The highest BCUT2D eigenvalue weighted by Crippen LogP contribution is 2.23. The van der Waals surface area contributed by atoms with E-state index in [1.165, 1.54) is 0 Å². The van der Waals surface area contributed by atoms with Crippen LogP contribution in [0.2, 0.25) is 0 Å². The van der Waals surface area contributed by atoms with Crippen LogP contribution in [0.3, 0.4) is 0 Å². The van der Waals surface area contributed by atoms with E-state index in [2.05, 4.69) is 15.2 Å². The monoisotopic (exact) mass is 440 g/mol. The molecule has 0 bridgehead atoms. The number of amides is 2. The van der Waals surface area contributed by atoms with Crippen LogP contribution < -0.4 is 10.6 Å². The van der Waals surface area contributed by atoms with E-state index in [9.17, 15) is 9.59 Å². The summed E-state index contributed by atoms with van der Waals surface area (Å²) < 4.78 is 2.08. The third-order valence-corrected chi connectivity index (χ3v) is 5.61. The molecule has 0 radical (unpaired) electrons. The Morgan fingerprint density at radius 1 is 0.879 bits per heavy atom. The molecular formula is C27H28N4O2. The summed E-state index contributed by atoms with van der Waals surface area (Å²) in [5.41, 5.74) is 6.86. The van der Waals surface area contributed by atoms with Crippen LogP contribution >= 0.6 is 0 Å². The van der Waals surface area contributed by atoms with Crippen LogP contribution in [0.15, 0.2) is 66.7 Å². The molecule has 0 atom stereocenters. The molecule has 1 aromatic heterocycles. The van der Waals surface area contributed by atoms with Crippen molar-refractivity contribution in [3.05, 3.63) is 89.2 Å². The van der Waals surface area contributed by atoms with Crippen molar-refractivity contribution < 1.29 is 9.59 Å². The Kier molecular flexibility index (Phi) is 6.54. The number of carbonyl (C=O) groups excluding carboxylic acids is 2. The van der Waals surface area contributed by atoms with Crippen LogP contribution in [-0.4, -0.2) is 27.9 Å². The topological polar surface area (TPSA) is 76.0 Å². The minimum atomic E-state index is -0.241. The van der Waals surface area contributed by atoms with Gasteiger partial charge in [-0.15, -0.1) is 0 Å². The van der Waals surface area contributed by atoms with Crippen LogP contribution in [0.25, 0.3) is 16.7 Å². The molecule has 4 rings (SSSR count). The number of fused-ring (bicyclic) bond motifs is 1. The van der Waals surface area contributed by atoms with Crippen LogP contribution in [0.4, 0.5) is 5.69 Å². The lowest BCUT2D eigenvalue weighted by Crippen LogP contribution is -2.33. The standard InChI is InChI=1S/C27H28N4O2/c1-18-15-19(2)27(20(3)16-18)30-26(33)17-28-25(32)14-13-24-29-22-11-7-8-12-23(22)31(24)21-9-5-4-6-10-21/h4-12,15-16H,13-14,17H2,1-3H3,(H,28,32)(H,30,33). The van der Waals surface area contributed by atoms with E-state index in [0.29, 0.717) is 6.42 Å². The molecule has 0 unspecified atom stereocenters. The van der Waals surface area contributed by atoms with Crippen LogP contribution in [0, 0.1) is 20.8 Å². The number of nitrogens with one attached hydrogen (secondary N) is 2. The second kappa shape index (κ2) is 9.69. The predicted molar refractivity (Wildman–Crippen MR) is 132 cm³/mol. The first-order valence-corrected chi connectivity index (χ1v) is 11.1. The maximum atomic E-state index is 12.5. The maximum absolute atomic E-state index is 12.5. The summed E-state index contributed by atoms with van der Waals surface area (Å²) in [5.74, 6) is 0.386. The number of carbonyl (C=O) groups is 2. The average Bonchev–Trinajstić information content (AvgIpc) is 3.17. The van der Waals surface area contributed by atoms with Gasteiger partial charge in [-0.1, -0.05) is 48.0 Å². The molecule has 0 aliphatic rings. The van der Waals surface area contributed by atoms with Gasteiger partial charge in [-0.25, -0.2) is 4.98 Å². The summed E-state index contributed by atoms with van der Waals surface area (Å²) in [7, 11) is 0. The van der Waals surface area contributed by atoms with E-state index in [0.717, 1.165) is 44.9 Å². The van der Waals surface area contributed by atoms with E-state index in [4.69, 9.17) is 4.98 Å². The number of nitrogens with zero attached hydrogens (tertiary/aromatic N) is 2. The zero-order chi connectivity index (χ0) is 23.4. The molecule has 168 valence electrons. The van der Waals surface area contributed by atoms with Gasteiger partial charge in [0.25, 0.3) is 0 Å². The number of hydrogen-bond acceptors (Lipinski definition) is 3. The van der Waals surface area contributed by atoms with Gasteiger partial charge in [0.1, 0.15) is 5.82 Å². The molecule has 6 heteroatoms. The third-order valence-electron chi connectivity index (χ3n) is 5.61. The first-order valence-electron chi connectivity index (χ1n) is 11.1. The highest BCUT2D eigenvalue weighted by molar-refractivity contribution is 5.95. The maximum Gasteiger partial charge on any atom is 0.243 e. The van der Waals surface area contributed by atoms with Crippen molar-refractivity contribution in [3.8, 4) is 5.69 Å². The molecule has 33 heavy (non-hydrogen) atoms. The van der Waals surface area contributed by atoms with Crippen molar-refractivity contribution in [2.45, 2.75) is 33.6 Å². The summed E-state index contributed by atoms with van der Waals surface area (Å²) in [5, 5.41) is 5.64. The fraction of sp³-hybridized carbons (Fsp3) is 0.222. The number of para-hydroxylation sites is 3. The van der Waals surface area contributed by atoms with Crippen LogP contribution in [0.1, 0.15) is 28.9 Å². The van der Waals surface area contributed by atoms with Gasteiger partial charge < -0.3 is 10.6 Å². The Bertz CT molecular complexity index is 1290. The quantitative estimate of drug-likeness (QED) is 0.440. The lowest BCUT2D eigenvalue weighted by molar-refractivity contribution is -0.124. The number of rotatable bonds is 7. The second-order valence-electron chi connectivity index (χ2n) is 8.29. The van der Waals surface area contributed by atoms with Gasteiger partial charge >= 0.3 is 0 Å². The summed E-state index contributed by atoms with van der Waals surface area (Å²) in [6.45, 7) is 5.89. The Morgan fingerprint density at radius 3 is 2.27 bits per heavy atom. The molecule has 2 amide bonds. The van der Waals surface area contributed by atoms with E-state index in [1.807, 2.05) is 87.5 Å². The highest BCUT2D eigenvalue weighted by atomic mass is 16.2. The SMILES string of the molecule is Cc1cc(C)c(NC(=O)CNC(=O)CCc2nc3ccccc3n2-c2ccccc2)c(C)c1. The molecule has 2 N–H and O–H groups in total. The summed E-state index contributed by atoms with van der Waals surface area (Å²) in [6.07, 6.45) is 0.708. The largest absolute Gasteiger partial charge is 0.347 e. The molecule has 0 spiro atoms. The Labute approximate surface area is 193 Å². The summed E-state index contributed by atoms with van der Waals surface area (Å²) >= 11 is 0. The van der Waals surface area contributed by atoms with Gasteiger partial charge in [0, 0.05) is 24.2 Å². The second-order valence-corrected chi connectivity index (χ2v) is 8.29. The van der Waals surface area contributed by atoms with Crippen molar-refractivity contribution in [3.63, 3.8) is 0 Å². The minimum absolute atomic E-state index is 0.0688. The summed E-state index contributed by atoms with van der Waals surface area (Å²) in [4.78, 5) is 29.6. The minimum Gasteiger partial charge on any atom is -0.347 e. The van der Waals surface area contributed by atoms with E-state index >= 15 is 0 Å². The van der Waals surface area contributed by atoms with Crippen molar-refractivity contribution in [2.24, 2.45) is 0 Å². The first kappa shape index (κ1) is 22.3. The number of anilines is 1. The smallest absolute Gasteiger partial charge is 0.243 e. The fourth-order valence-electron chi connectivity index (χ4n) is 4.16. The van der Waals surface area contributed by atoms with Crippen molar-refractivity contribution in [1.29, 1.82) is 0 Å². The lowest BCUT2D eigenvalue weighted by Gasteiger charge is -2.13. The Balaban J connectivity index is 1.39. The average molecular weight is 441 g/mol. The number of aryl methyl sites for hydroxylation is 4.